The van der Waals surface area contributed by atoms with Gasteiger partial charge in [0.15, 0.2) is 0 Å². The van der Waals surface area contributed by atoms with E-state index < -0.39 is 23.8 Å². The molecule has 1 aromatic carbocycles. The maximum atomic E-state index is 13.6. The second-order valence-electron chi connectivity index (χ2n) is 9.32. The zero-order valence-corrected chi connectivity index (χ0v) is 25.3. The molecular weight excluding hydrogens is 621 g/mol. The predicted molar refractivity (Wildman–Crippen MR) is 159 cm³/mol. The van der Waals surface area contributed by atoms with Gasteiger partial charge in [-0.3, -0.25) is 19.2 Å². The van der Waals surface area contributed by atoms with E-state index in [4.69, 9.17) is 9.36 Å². The third-order valence-corrected chi connectivity index (χ3v) is 7.26. The molecule has 0 saturated heterocycles. The van der Waals surface area contributed by atoms with E-state index in [1.54, 1.807) is 0 Å². The number of carbonyl (C=O) groups excluding carboxylic acids is 4. The molecule has 2 aliphatic rings. The lowest BCUT2D eigenvalue weighted by Gasteiger charge is -2.28. The van der Waals surface area contributed by atoms with E-state index in [2.05, 4.69) is 21.4 Å². The topological polar surface area (TPSA) is 135 Å². The van der Waals surface area contributed by atoms with Gasteiger partial charge < -0.3 is 20.7 Å². The number of hydroxylamine groups is 1. The van der Waals surface area contributed by atoms with Crippen LogP contribution in [-0.4, -0.2) is 57.2 Å². The van der Waals surface area contributed by atoms with Crippen molar-refractivity contribution in [1.82, 2.24) is 21.4 Å². The first-order valence-electron chi connectivity index (χ1n) is 13.3. The maximum absolute atomic E-state index is 13.6. The second-order valence-corrected chi connectivity index (χ2v) is 11.0. The Hall–Kier alpha value is -1.92. The van der Waals surface area contributed by atoms with Crippen LogP contribution in [0.3, 0.4) is 0 Å². The SMILES string of the molecule is BCCCNC(=O)CNC(=O)[C@@H]1Cc2ccc(cc2)OCCC[C@H](C(=O)NOPI)[C@@H](CCCC)C(=O)N1. The van der Waals surface area contributed by atoms with Crippen molar-refractivity contribution < 1.29 is 28.5 Å². The molecule has 4 N–H and O–H groups in total. The van der Waals surface area contributed by atoms with Gasteiger partial charge in [-0.2, -0.15) is 0 Å². The van der Waals surface area contributed by atoms with Crippen molar-refractivity contribution in [3.8, 4) is 5.75 Å². The van der Waals surface area contributed by atoms with E-state index in [1.165, 1.54) is 0 Å². The van der Waals surface area contributed by atoms with E-state index in [-0.39, 0.29) is 37.1 Å². The van der Waals surface area contributed by atoms with Crippen molar-refractivity contribution in [1.29, 1.82) is 0 Å². The average molecular weight is 660 g/mol. The molecule has 0 saturated carbocycles. The lowest BCUT2D eigenvalue weighted by molar-refractivity contribution is -0.140. The Bertz CT molecular complexity index is 910. The van der Waals surface area contributed by atoms with Crippen LogP contribution in [-0.2, 0) is 30.2 Å². The van der Waals surface area contributed by atoms with Crippen LogP contribution in [0, 0.1) is 11.8 Å². The fourth-order valence-electron chi connectivity index (χ4n) is 4.30. The van der Waals surface area contributed by atoms with Gasteiger partial charge in [0.25, 0.3) is 0 Å². The van der Waals surface area contributed by atoms with Gasteiger partial charge in [0.2, 0.25) is 23.6 Å². The van der Waals surface area contributed by atoms with Gasteiger partial charge in [-0.1, -0.05) is 38.2 Å². The van der Waals surface area contributed by atoms with Gasteiger partial charge in [-0.05, 0) is 65.4 Å². The maximum Gasteiger partial charge on any atom is 0.247 e. The van der Waals surface area contributed by atoms with Crippen molar-refractivity contribution in [2.45, 2.75) is 64.2 Å². The smallest absolute Gasteiger partial charge is 0.247 e. The first kappa shape index (κ1) is 32.3. The second kappa shape index (κ2) is 18.4. The number of rotatable bonds is 12. The van der Waals surface area contributed by atoms with Crippen molar-refractivity contribution in [3.63, 3.8) is 0 Å². The number of ether oxygens (including phenoxy) is 1. The summed E-state index contributed by atoms with van der Waals surface area (Å²) in [5.41, 5.74) is 3.30. The lowest BCUT2D eigenvalue weighted by Crippen LogP contribution is -2.53. The molecular formula is C25H39BIN4O6P. The Morgan fingerprint density at radius 1 is 1.18 bits per heavy atom. The monoisotopic (exact) mass is 660 g/mol. The fraction of sp³-hybridized carbons (Fsp3) is 0.600. The molecule has 2 heterocycles. The summed E-state index contributed by atoms with van der Waals surface area (Å²) in [4.78, 5) is 52.0. The quantitative estimate of drug-likeness (QED) is 0.0892. The molecule has 4 amide bonds. The van der Waals surface area contributed by atoms with Crippen molar-refractivity contribution >= 4 is 60.0 Å². The highest BCUT2D eigenvalue weighted by Crippen LogP contribution is 2.27. The van der Waals surface area contributed by atoms with Gasteiger partial charge in [-0.25, -0.2) is 10.1 Å². The number of carbonyl (C=O) groups is 4. The van der Waals surface area contributed by atoms with Crippen molar-refractivity contribution in [2.75, 3.05) is 19.7 Å². The van der Waals surface area contributed by atoms with Crippen LogP contribution in [0.25, 0.3) is 0 Å². The van der Waals surface area contributed by atoms with Gasteiger partial charge in [-0.15, -0.1) is 0 Å². The molecule has 10 nitrogen and oxygen atoms in total. The largest absolute Gasteiger partial charge is 0.494 e. The number of hydrogen-bond donors (Lipinski definition) is 4. The van der Waals surface area contributed by atoms with Crippen LogP contribution in [0.5, 0.6) is 5.75 Å². The molecule has 0 radical (unpaired) electrons. The Morgan fingerprint density at radius 3 is 2.63 bits per heavy atom. The van der Waals surface area contributed by atoms with Crippen LogP contribution in [0.1, 0.15) is 51.0 Å². The highest BCUT2D eigenvalue weighted by atomic mass is 127. The Balaban J connectivity index is 2.28. The molecule has 1 unspecified atom stereocenters. The molecule has 0 spiro atoms. The number of hydrogen-bond acceptors (Lipinski definition) is 6. The number of unbranched alkanes of at least 4 members (excludes halogenated alkanes) is 1. The molecule has 1 aromatic rings. The van der Waals surface area contributed by atoms with Gasteiger partial charge in [0, 0.05) is 18.9 Å². The van der Waals surface area contributed by atoms with Crippen LogP contribution in [0.15, 0.2) is 24.3 Å². The summed E-state index contributed by atoms with van der Waals surface area (Å²) in [6.07, 6.45) is 5.14. The molecule has 3 rings (SSSR count). The van der Waals surface area contributed by atoms with Gasteiger partial charge >= 0.3 is 0 Å². The normalized spacial score (nSPS) is 20.3. The number of amides is 4. The summed E-state index contributed by atoms with van der Waals surface area (Å²) in [5, 5.41) is 8.32. The fourth-order valence-corrected chi connectivity index (χ4v) is 4.77. The molecule has 0 fully saturated rings. The van der Waals surface area contributed by atoms with Crippen LogP contribution < -0.4 is 26.2 Å². The molecule has 4 atom stereocenters. The first-order chi connectivity index (χ1) is 18.4. The number of fused-ring (bicyclic) bond motifs is 11. The molecule has 2 aliphatic heterocycles. The zero-order valence-electron chi connectivity index (χ0n) is 22.1. The summed E-state index contributed by atoms with van der Waals surface area (Å²) in [5.74, 6) is -2.06. The standard InChI is InChI=1S/C25H39BIN4O6P/c1-2-3-6-19-20(24(34)31-37-38-27)7-4-14-36-18-10-8-17(9-11-18)15-21(30-23(19)33)25(35)29-16-22(32)28-13-5-12-26/h8-11,19-21,38H,2-7,12-16,26H2,1H3,(H,28,32)(H,29,35)(H,30,33)(H,31,34)/t19-,20+,21+/m1/s1. The molecule has 210 valence electrons. The van der Waals surface area contributed by atoms with E-state index in [0.29, 0.717) is 38.2 Å². The zero-order chi connectivity index (χ0) is 27.8. The van der Waals surface area contributed by atoms with Crippen molar-refractivity contribution in [2.24, 2.45) is 11.8 Å². The number of halogens is 1. The summed E-state index contributed by atoms with van der Waals surface area (Å²) >= 11 is 2.01. The van der Waals surface area contributed by atoms with Gasteiger partial charge in [0.1, 0.15) is 26.1 Å². The molecule has 38 heavy (non-hydrogen) atoms. The highest BCUT2D eigenvalue weighted by molar-refractivity contribution is 14.2. The van der Waals surface area contributed by atoms with Crippen LogP contribution >= 0.6 is 28.5 Å². The Labute approximate surface area is 240 Å². The van der Waals surface area contributed by atoms with Crippen molar-refractivity contribution in [3.05, 3.63) is 29.8 Å². The van der Waals surface area contributed by atoms with Crippen LogP contribution in [0.4, 0.5) is 0 Å². The third kappa shape index (κ3) is 11.4. The molecule has 2 bridgehead atoms. The summed E-state index contributed by atoms with van der Waals surface area (Å²) in [6.45, 7) is 2.84. The minimum Gasteiger partial charge on any atom is -0.494 e. The molecule has 0 aromatic heterocycles. The Kier molecular flexibility index (Phi) is 15.6. The highest BCUT2D eigenvalue weighted by Gasteiger charge is 2.35. The summed E-state index contributed by atoms with van der Waals surface area (Å²) in [7, 11) is 2.03. The van der Waals surface area contributed by atoms with Gasteiger partial charge in [0.05, 0.1) is 19.1 Å². The van der Waals surface area contributed by atoms with E-state index >= 15 is 0 Å². The summed E-state index contributed by atoms with van der Waals surface area (Å²) < 4.78 is 11.0. The molecule has 13 heteroatoms. The number of nitrogens with one attached hydrogen (secondary N) is 4. The van der Waals surface area contributed by atoms with Crippen LogP contribution in [0.2, 0.25) is 6.32 Å². The summed E-state index contributed by atoms with van der Waals surface area (Å²) in [6, 6.07) is 6.45. The lowest BCUT2D eigenvalue weighted by atomic mass is 9.83. The number of benzene rings is 1. The minimum atomic E-state index is -0.916. The van der Waals surface area contributed by atoms with E-state index in [0.717, 1.165) is 31.1 Å². The predicted octanol–water partition coefficient (Wildman–Crippen LogP) is 1.97. The molecule has 0 aliphatic carbocycles. The average Bonchev–Trinajstić information content (AvgIpc) is 2.91. The minimum absolute atomic E-state index is 0.0392. The Morgan fingerprint density at radius 2 is 1.95 bits per heavy atom. The first-order valence-corrected chi connectivity index (χ1v) is 17.3. The van der Waals surface area contributed by atoms with E-state index in [9.17, 15) is 19.2 Å². The third-order valence-electron chi connectivity index (χ3n) is 6.42. The van der Waals surface area contributed by atoms with E-state index in [1.807, 2.05) is 61.1 Å².